The number of nitro benzene ring substituents is 1. The number of carbonyl (C=O) groups excluding carboxylic acids is 1. The minimum absolute atomic E-state index is 0.0221. The van der Waals surface area contributed by atoms with Gasteiger partial charge in [-0.1, -0.05) is 11.3 Å². The number of nitro groups is 1. The number of piperidine rings is 1. The van der Waals surface area contributed by atoms with Gasteiger partial charge in [0.2, 0.25) is 0 Å². The highest BCUT2D eigenvalue weighted by molar-refractivity contribution is 7.20. The Hall–Kier alpha value is -2.42. The van der Waals surface area contributed by atoms with Gasteiger partial charge in [0.25, 0.3) is 10.9 Å². The zero-order valence-electron chi connectivity index (χ0n) is 15.6. The van der Waals surface area contributed by atoms with E-state index in [-0.39, 0.29) is 11.8 Å². The summed E-state index contributed by atoms with van der Waals surface area (Å²) in [6.07, 6.45) is 1.42. The lowest BCUT2D eigenvalue weighted by Crippen LogP contribution is -2.42. The molecule has 0 bridgehead atoms. The SMILES string of the molecule is CC(C)(C)OC(=O)N1CCC(COc2nc3cc([N+](=O)[O-])ccc3s2)CC1. The van der Waals surface area contributed by atoms with E-state index in [0.717, 1.165) is 17.5 Å². The number of aromatic nitrogens is 1. The van der Waals surface area contributed by atoms with Crippen molar-refractivity contribution in [2.75, 3.05) is 19.7 Å². The van der Waals surface area contributed by atoms with E-state index in [1.807, 2.05) is 20.8 Å². The van der Waals surface area contributed by atoms with E-state index in [4.69, 9.17) is 9.47 Å². The number of ether oxygens (including phenoxy) is 2. The Bertz CT molecular complexity index is 837. The van der Waals surface area contributed by atoms with Gasteiger partial charge in [-0.25, -0.2) is 9.78 Å². The van der Waals surface area contributed by atoms with Crippen molar-refractivity contribution in [2.45, 2.75) is 39.2 Å². The van der Waals surface area contributed by atoms with Crippen LogP contribution in [0.1, 0.15) is 33.6 Å². The molecule has 0 N–H and O–H groups in total. The maximum absolute atomic E-state index is 12.1. The van der Waals surface area contributed by atoms with Crippen LogP contribution in [0.25, 0.3) is 10.2 Å². The van der Waals surface area contributed by atoms with Crippen LogP contribution >= 0.6 is 11.3 Å². The fraction of sp³-hybridized carbons (Fsp3) is 0.556. The summed E-state index contributed by atoms with van der Waals surface area (Å²) < 4.78 is 12.1. The lowest BCUT2D eigenvalue weighted by atomic mass is 9.98. The predicted molar refractivity (Wildman–Crippen MR) is 102 cm³/mol. The Morgan fingerprint density at radius 3 is 2.70 bits per heavy atom. The molecule has 2 heterocycles. The fourth-order valence-corrected chi connectivity index (χ4v) is 3.67. The number of likely N-dealkylation sites (tertiary alicyclic amines) is 1. The summed E-state index contributed by atoms with van der Waals surface area (Å²) in [5.74, 6) is 0.338. The molecular formula is C18H23N3O5S. The van der Waals surface area contributed by atoms with E-state index in [9.17, 15) is 14.9 Å². The van der Waals surface area contributed by atoms with Gasteiger partial charge < -0.3 is 14.4 Å². The van der Waals surface area contributed by atoms with Crippen LogP contribution in [0, 0.1) is 16.0 Å². The van der Waals surface area contributed by atoms with Crippen molar-refractivity contribution < 1.29 is 19.2 Å². The summed E-state index contributed by atoms with van der Waals surface area (Å²) in [5, 5.41) is 11.4. The highest BCUT2D eigenvalue weighted by Crippen LogP contribution is 2.31. The molecule has 0 radical (unpaired) electrons. The minimum Gasteiger partial charge on any atom is -0.470 e. The van der Waals surface area contributed by atoms with Crippen LogP contribution in [-0.4, -0.2) is 46.2 Å². The molecule has 1 amide bonds. The number of carbonyl (C=O) groups is 1. The molecule has 1 aliphatic heterocycles. The number of benzene rings is 1. The van der Waals surface area contributed by atoms with Crippen LogP contribution in [0.4, 0.5) is 10.5 Å². The average Bonchev–Trinajstić information content (AvgIpc) is 3.01. The summed E-state index contributed by atoms with van der Waals surface area (Å²) >= 11 is 1.38. The van der Waals surface area contributed by atoms with E-state index in [2.05, 4.69) is 4.98 Å². The molecule has 0 saturated carbocycles. The third-order valence-electron chi connectivity index (χ3n) is 4.27. The maximum Gasteiger partial charge on any atom is 0.410 e. The summed E-state index contributed by atoms with van der Waals surface area (Å²) in [4.78, 5) is 28.6. The predicted octanol–water partition coefficient (Wildman–Crippen LogP) is 4.23. The quantitative estimate of drug-likeness (QED) is 0.570. The van der Waals surface area contributed by atoms with Crippen molar-refractivity contribution in [3.63, 3.8) is 0 Å². The van der Waals surface area contributed by atoms with Gasteiger partial charge in [0.1, 0.15) is 5.60 Å². The van der Waals surface area contributed by atoms with Gasteiger partial charge in [-0.2, -0.15) is 0 Å². The zero-order valence-corrected chi connectivity index (χ0v) is 16.5. The number of fused-ring (bicyclic) bond motifs is 1. The Balaban J connectivity index is 1.51. The normalized spacial score (nSPS) is 15.7. The lowest BCUT2D eigenvalue weighted by molar-refractivity contribution is -0.384. The van der Waals surface area contributed by atoms with E-state index in [1.54, 1.807) is 11.0 Å². The largest absolute Gasteiger partial charge is 0.470 e. The number of non-ortho nitro benzene ring substituents is 1. The molecule has 1 fully saturated rings. The Labute approximate surface area is 161 Å². The van der Waals surface area contributed by atoms with E-state index in [1.165, 1.54) is 23.5 Å². The smallest absolute Gasteiger partial charge is 0.410 e. The molecule has 8 nitrogen and oxygen atoms in total. The van der Waals surface area contributed by atoms with Gasteiger partial charge in [0.05, 0.1) is 21.7 Å². The van der Waals surface area contributed by atoms with Gasteiger partial charge in [-0.05, 0) is 45.6 Å². The van der Waals surface area contributed by atoms with Crippen LogP contribution < -0.4 is 4.74 Å². The summed E-state index contributed by atoms with van der Waals surface area (Å²) in [6.45, 7) is 7.39. The number of hydrogen-bond acceptors (Lipinski definition) is 7. The van der Waals surface area contributed by atoms with Gasteiger partial charge in [-0.15, -0.1) is 0 Å². The Morgan fingerprint density at radius 2 is 2.07 bits per heavy atom. The standard InChI is InChI=1S/C18H23N3O5S/c1-18(2,3)26-17(22)20-8-6-12(7-9-20)11-25-16-19-14-10-13(21(23)24)4-5-15(14)27-16/h4-5,10,12H,6-9,11H2,1-3H3. The van der Waals surface area contributed by atoms with Crippen LogP contribution in [0.15, 0.2) is 18.2 Å². The highest BCUT2D eigenvalue weighted by Gasteiger charge is 2.27. The maximum atomic E-state index is 12.1. The second-order valence-corrected chi connectivity index (χ2v) is 8.60. The molecular weight excluding hydrogens is 370 g/mol. The zero-order chi connectivity index (χ0) is 19.6. The molecule has 1 aromatic heterocycles. The summed E-state index contributed by atoms with van der Waals surface area (Å²) in [5.41, 5.74) is 0.108. The number of amides is 1. The highest BCUT2D eigenvalue weighted by atomic mass is 32.1. The van der Waals surface area contributed by atoms with Gasteiger partial charge >= 0.3 is 6.09 Å². The fourth-order valence-electron chi connectivity index (χ4n) is 2.87. The molecule has 0 atom stereocenters. The first-order valence-electron chi connectivity index (χ1n) is 8.87. The van der Waals surface area contributed by atoms with E-state index >= 15 is 0 Å². The Kier molecular flexibility index (Phi) is 5.50. The number of rotatable bonds is 4. The molecule has 2 aromatic rings. The van der Waals surface area contributed by atoms with E-state index < -0.39 is 10.5 Å². The van der Waals surface area contributed by atoms with Gasteiger partial charge in [0.15, 0.2) is 0 Å². The second-order valence-electron chi connectivity index (χ2n) is 7.61. The van der Waals surface area contributed by atoms with Crippen LogP contribution in [0.2, 0.25) is 0 Å². The number of thiazole rings is 1. The van der Waals surface area contributed by atoms with Crippen molar-refractivity contribution in [3.8, 4) is 5.19 Å². The molecule has 1 aliphatic rings. The van der Waals surface area contributed by atoms with Crippen molar-refractivity contribution in [1.29, 1.82) is 0 Å². The summed E-state index contributed by atoms with van der Waals surface area (Å²) in [6, 6.07) is 4.62. The first-order chi connectivity index (χ1) is 12.7. The van der Waals surface area contributed by atoms with Crippen LogP contribution in [0.5, 0.6) is 5.19 Å². The molecule has 27 heavy (non-hydrogen) atoms. The van der Waals surface area contributed by atoms with Crippen molar-refractivity contribution in [3.05, 3.63) is 28.3 Å². The molecule has 9 heteroatoms. The molecule has 0 unspecified atom stereocenters. The molecule has 0 spiro atoms. The van der Waals surface area contributed by atoms with Crippen molar-refractivity contribution in [1.82, 2.24) is 9.88 Å². The van der Waals surface area contributed by atoms with E-state index in [0.29, 0.717) is 36.3 Å². The molecule has 3 rings (SSSR count). The minimum atomic E-state index is -0.487. The third kappa shape index (κ3) is 5.06. The molecule has 146 valence electrons. The van der Waals surface area contributed by atoms with Crippen LogP contribution in [-0.2, 0) is 4.74 Å². The molecule has 0 aliphatic carbocycles. The van der Waals surface area contributed by atoms with Crippen LogP contribution in [0.3, 0.4) is 0 Å². The topological polar surface area (TPSA) is 94.8 Å². The third-order valence-corrected chi connectivity index (χ3v) is 5.22. The van der Waals surface area contributed by atoms with Crippen molar-refractivity contribution in [2.24, 2.45) is 5.92 Å². The molecule has 1 saturated heterocycles. The molecule has 1 aromatic carbocycles. The first kappa shape index (κ1) is 19.3. The van der Waals surface area contributed by atoms with Gasteiger partial charge in [-0.3, -0.25) is 10.1 Å². The monoisotopic (exact) mass is 393 g/mol. The first-order valence-corrected chi connectivity index (χ1v) is 9.68. The van der Waals surface area contributed by atoms with Crippen molar-refractivity contribution >= 4 is 33.3 Å². The second kappa shape index (κ2) is 7.67. The number of nitrogens with zero attached hydrogens (tertiary/aromatic N) is 3. The average molecular weight is 393 g/mol. The summed E-state index contributed by atoms with van der Waals surface area (Å²) in [7, 11) is 0. The number of hydrogen-bond donors (Lipinski definition) is 0. The van der Waals surface area contributed by atoms with Gasteiger partial charge in [0, 0.05) is 25.2 Å². The Morgan fingerprint density at radius 1 is 1.37 bits per heavy atom. The lowest BCUT2D eigenvalue weighted by Gasteiger charge is -2.33.